The SMILES string of the molecule is NC(N)=Nc1ccc2c(c1)CCCOc1c(cccc1C(=O)N[C@@H](CO)C(=O)O)OC2=O. The summed E-state index contributed by atoms with van der Waals surface area (Å²) in [6, 6.07) is 7.65. The number of hydrogen-bond donors (Lipinski definition) is 5. The van der Waals surface area contributed by atoms with Gasteiger partial charge in [0.1, 0.15) is 0 Å². The number of carbonyl (C=O) groups is 3. The molecule has 0 aromatic heterocycles. The lowest BCUT2D eigenvalue weighted by Crippen LogP contribution is -2.43. The molecule has 32 heavy (non-hydrogen) atoms. The topological polar surface area (TPSA) is 187 Å². The van der Waals surface area contributed by atoms with Gasteiger partial charge in [-0.25, -0.2) is 14.6 Å². The zero-order valence-corrected chi connectivity index (χ0v) is 16.9. The standard InChI is InChI=1S/C21H22N4O7/c22-21(23)24-12-6-7-13-11(9-12)3-2-8-31-17-14(4-1-5-16(17)32-20(13)30)18(27)25-15(10-26)19(28)29/h1,4-7,9,15,26H,2-3,8,10H2,(H,25,27)(H,28,29)(H4,22,23,24)/t15-/m0/s1. The molecular weight excluding hydrogens is 420 g/mol. The van der Waals surface area contributed by atoms with Gasteiger partial charge in [0.05, 0.1) is 30.0 Å². The number of guanidine groups is 1. The van der Waals surface area contributed by atoms with Gasteiger partial charge in [-0.1, -0.05) is 6.07 Å². The fraction of sp³-hybridized carbons (Fsp3) is 0.238. The third-order valence-corrected chi connectivity index (χ3v) is 4.62. The van der Waals surface area contributed by atoms with Crippen molar-refractivity contribution in [2.75, 3.05) is 13.2 Å². The molecule has 2 aromatic carbocycles. The van der Waals surface area contributed by atoms with Gasteiger partial charge in [0, 0.05) is 0 Å². The van der Waals surface area contributed by atoms with Crippen molar-refractivity contribution in [1.29, 1.82) is 0 Å². The number of benzene rings is 2. The highest BCUT2D eigenvalue weighted by atomic mass is 16.6. The van der Waals surface area contributed by atoms with E-state index in [1.807, 2.05) is 0 Å². The fourth-order valence-corrected chi connectivity index (χ4v) is 3.14. The van der Waals surface area contributed by atoms with Gasteiger partial charge in [0.15, 0.2) is 23.5 Å². The number of nitrogens with one attached hydrogen (secondary N) is 1. The maximum Gasteiger partial charge on any atom is 0.343 e. The van der Waals surface area contributed by atoms with Crippen molar-refractivity contribution in [3.63, 3.8) is 0 Å². The minimum absolute atomic E-state index is 0.000302. The third-order valence-electron chi connectivity index (χ3n) is 4.62. The number of nitrogens with two attached hydrogens (primary N) is 2. The summed E-state index contributed by atoms with van der Waals surface area (Å²) in [5.74, 6) is -2.96. The molecule has 11 nitrogen and oxygen atoms in total. The number of para-hydroxylation sites is 1. The molecule has 1 atom stereocenters. The van der Waals surface area contributed by atoms with Crippen LogP contribution in [0.5, 0.6) is 11.5 Å². The number of fused-ring (bicyclic) bond motifs is 2. The molecule has 0 saturated heterocycles. The predicted octanol–water partition coefficient (Wildman–Crippen LogP) is 0.311. The Morgan fingerprint density at radius 2 is 2.00 bits per heavy atom. The van der Waals surface area contributed by atoms with Crippen LogP contribution in [0.2, 0.25) is 0 Å². The maximum atomic E-state index is 12.8. The molecule has 168 valence electrons. The fourth-order valence-electron chi connectivity index (χ4n) is 3.14. The van der Waals surface area contributed by atoms with Crippen LogP contribution in [0.3, 0.4) is 0 Å². The summed E-state index contributed by atoms with van der Waals surface area (Å²) in [7, 11) is 0. The van der Waals surface area contributed by atoms with E-state index < -0.39 is 30.5 Å². The quantitative estimate of drug-likeness (QED) is 0.188. The van der Waals surface area contributed by atoms with Crippen molar-refractivity contribution in [3.05, 3.63) is 53.1 Å². The first kappa shape index (κ1) is 22.6. The molecule has 0 radical (unpaired) electrons. The van der Waals surface area contributed by atoms with Gasteiger partial charge in [0.2, 0.25) is 0 Å². The van der Waals surface area contributed by atoms with Gasteiger partial charge in [-0.05, 0) is 48.7 Å². The van der Waals surface area contributed by atoms with Crippen molar-refractivity contribution in [2.45, 2.75) is 18.9 Å². The molecule has 11 heteroatoms. The Bertz CT molecular complexity index is 1080. The van der Waals surface area contributed by atoms with Gasteiger partial charge in [0.25, 0.3) is 5.91 Å². The number of rotatable bonds is 5. The first-order valence-electron chi connectivity index (χ1n) is 9.65. The lowest BCUT2D eigenvalue weighted by atomic mass is 10.0. The van der Waals surface area contributed by atoms with E-state index in [-0.39, 0.29) is 29.6 Å². The van der Waals surface area contributed by atoms with Crippen molar-refractivity contribution in [2.24, 2.45) is 16.5 Å². The number of carboxylic acids is 1. The van der Waals surface area contributed by atoms with Crippen LogP contribution in [0, 0.1) is 0 Å². The Morgan fingerprint density at radius 3 is 2.69 bits per heavy atom. The zero-order chi connectivity index (χ0) is 23.3. The second kappa shape index (κ2) is 9.79. The molecule has 0 unspecified atom stereocenters. The monoisotopic (exact) mass is 442 g/mol. The molecule has 0 saturated carbocycles. The highest BCUT2D eigenvalue weighted by Gasteiger charge is 2.25. The van der Waals surface area contributed by atoms with Crippen LogP contribution in [0.4, 0.5) is 5.69 Å². The summed E-state index contributed by atoms with van der Waals surface area (Å²) in [6.45, 7) is -0.603. The van der Waals surface area contributed by atoms with Crippen LogP contribution < -0.4 is 26.3 Å². The van der Waals surface area contributed by atoms with Crippen LogP contribution in [-0.4, -0.2) is 53.3 Å². The second-order valence-corrected chi connectivity index (χ2v) is 6.90. The van der Waals surface area contributed by atoms with Crippen molar-refractivity contribution < 1.29 is 34.1 Å². The number of carboxylic acid groups (broad SMARTS) is 1. The van der Waals surface area contributed by atoms with E-state index in [1.165, 1.54) is 18.2 Å². The van der Waals surface area contributed by atoms with Gasteiger partial charge in [-0.3, -0.25) is 4.79 Å². The third kappa shape index (κ3) is 5.13. The molecule has 7 N–H and O–H groups in total. The van der Waals surface area contributed by atoms with Crippen LogP contribution in [0.15, 0.2) is 41.4 Å². The van der Waals surface area contributed by atoms with Gasteiger partial charge in [-0.15, -0.1) is 0 Å². The number of aliphatic hydroxyl groups excluding tert-OH is 1. The van der Waals surface area contributed by atoms with Crippen molar-refractivity contribution in [1.82, 2.24) is 5.32 Å². The molecule has 0 spiro atoms. The number of aryl methyl sites for hydroxylation is 1. The Balaban J connectivity index is 1.94. The summed E-state index contributed by atoms with van der Waals surface area (Å²) in [6.07, 6.45) is 0.947. The number of esters is 1. The van der Waals surface area contributed by atoms with Crippen molar-refractivity contribution in [3.8, 4) is 11.5 Å². The first-order valence-corrected chi connectivity index (χ1v) is 9.65. The van der Waals surface area contributed by atoms with Crippen LogP contribution >= 0.6 is 0 Å². The average Bonchev–Trinajstić information content (AvgIpc) is 2.74. The first-order chi connectivity index (χ1) is 15.3. The predicted molar refractivity (Wildman–Crippen MR) is 113 cm³/mol. The summed E-state index contributed by atoms with van der Waals surface area (Å²) in [5.41, 5.74) is 12.3. The van der Waals surface area contributed by atoms with Gasteiger partial charge in [-0.2, -0.15) is 0 Å². The maximum absolute atomic E-state index is 12.8. The average molecular weight is 442 g/mol. The summed E-state index contributed by atoms with van der Waals surface area (Å²) in [5, 5.41) is 20.4. The van der Waals surface area contributed by atoms with E-state index in [0.29, 0.717) is 29.7 Å². The van der Waals surface area contributed by atoms with E-state index in [4.69, 9.17) is 31.2 Å². The lowest BCUT2D eigenvalue weighted by Gasteiger charge is -2.19. The minimum Gasteiger partial charge on any atom is -0.489 e. The number of ether oxygens (including phenoxy) is 2. The largest absolute Gasteiger partial charge is 0.489 e. The van der Waals surface area contributed by atoms with E-state index in [9.17, 15) is 14.4 Å². The normalized spacial score (nSPS) is 14.0. The summed E-state index contributed by atoms with van der Waals surface area (Å²) in [4.78, 5) is 40.5. The Hall–Kier alpha value is -4.12. The molecule has 1 heterocycles. The van der Waals surface area contributed by atoms with Gasteiger partial charge >= 0.3 is 11.9 Å². The Kier molecular flexibility index (Phi) is 6.90. The van der Waals surface area contributed by atoms with E-state index in [1.54, 1.807) is 18.2 Å². The minimum atomic E-state index is -1.49. The smallest absolute Gasteiger partial charge is 0.343 e. The second-order valence-electron chi connectivity index (χ2n) is 6.90. The van der Waals surface area contributed by atoms with Crippen LogP contribution in [0.1, 0.15) is 32.7 Å². The molecule has 0 bridgehead atoms. The number of carbonyl (C=O) groups excluding carboxylic acids is 2. The van der Waals surface area contributed by atoms with Gasteiger partial charge < -0.3 is 36.5 Å². The van der Waals surface area contributed by atoms with E-state index >= 15 is 0 Å². The molecule has 2 aromatic rings. The highest BCUT2D eigenvalue weighted by molar-refractivity contribution is 6.00. The molecule has 1 aliphatic rings. The Labute approximate surface area is 182 Å². The number of amides is 1. The molecule has 0 fully saturated rings. The zero-order valence-electron chi connectivity index (χ0n) is 16.9. The molecule has 1 aliphatic heterocycles. The molecule has 3 rings (SSSR count). The van der Waals surface area contributed by atoms with E-state index in [2.05, 4.69) is 10.3 Å². The lowest BCUT2D eigenvalue weighted by molar-refractivity contribution is -0.140. The number of aliphatic carboxylic acids is 1. The van der Waals surface area contributed by atoms with Crippen LogP contribution in [0.25, 0.3) is 0 Å². The number of hydrogen-bond acceptors (Lipinski definition) is 7. The highest BCUT2D eigenvalue weighted by Crippen LogP contribution is 2.34. The molecule has 0 aliphatic carbocycles. The summed E-state index contributed by atoms with van der Waals surface area (Å²) >= 11 is 0. The Morgan fingerprint density at radius 1 is 1.22 bits per heavy atom. The van der Waals surface area contributed by atoms with E-state index in [0.717, 1.165) is 0 Å². The number of aliphatic hydroxyl groups is 1. The van der Waals surface area contributed by atoms with Crippen LogP contribution in [-0.2, 0) is 11.2 Å². The molecular formula is C21H22N4O7. The molecule has 1 amide bonds. The number of nitrogens with zero attached hydrogens (tertiary/aromatic N) is 1. The van der Waals surface area contributed by atoms with Crippen molar-refractivity contribution >= 4 is 29.5 Å². The summed E-state index contributed by atoms with van der Waals surface area (Å²) < 4.78 is 11.2. The number of aliphatic imine (C=N–C) groups is 1.